The molecule has 1 aromatic heterocycles. The third kappa shape index (κ3) is 41.2. The summed E-state index contributed by atoms with van der Waals surface area (Å²) >= 11 is 2.03. The van der Waals surface area contributed by atoms with Crippen molar-refractivity contribution in [3.8, 4) is 82.9 Å². The minimum atomic E-state index is -2.81. The normalized spacial score (nSPS) is 17.8. The predicted molar refractivity (Wildman–Crippen MR) is 561 cm³/mol. The van der Waals surface area contributed by atoms with E-state index in [4.69, 9.17) is 11.4 Å². The number of hydrazine groups is 1. The van der Waals surface area contributed by atoms with Crippen LogP contribution in [0.4, 0.5) is 20.2 Å². The molecule has 0 bridgehead atoms. The Morgan fingerprint density at radius 2 is 0.940 bits per heavy atom. The maximum absolute atomic E-state index is 13.0. The van der Waals surface area contributed by atoms with E-state index in [1.54, 1.807) is 13.0 Å². The lowest BCUT2D eigenvalue weighted by Gasteiger charge is -2.31. The van der Waals surface area contributed by atoms with Crippen LogP contribution in [0.5, 0.6) is 0 Å². The number of nitrogens with zero attached hydrogens (tertiary/aromatic N) is 9. The predicted octanol–water partition coefficient (Wildman–Crippen LogP) is 28.7. The van der Waals surface area contributed by atoms with E-state index in [2.05, 4.69) is 332 Å². The Kier molecular flexibility index (Phi) is 49.9. The number of halogens is 2. The number of nitrogens with two attached hydrogens (primary N) is 1. The van der Waals surface area contributed by atoms with Gasteiger partial charge in [0.05, 0.1) is 16.9 Å². The maximum atomic E-state index is 13.0. The molecule has 3 N–H and O–H groups in total. The number of fused-ring (bicyclic) bond motifs is 8. The smallest absolute Gasteiger partial charge is 0.308 e. The highest BCUT2D eigenvalue weighted by atomic mass is 32.2. The molecule has 4 unspecified atom stereocenters. The number of carbonyl (C=O) groups is 1. The van der Waals surface area contributed by atoms with E-state index in [-0.39, 0.29) is 35.2 Å². The third-order valence-electron chi connectivity index (χ3n) is 22.5. The van der Waals surface area contributed by atoms with Gasteiger partial charge < -0.3 is 9.80 Å². The van der Waals surface area contributed by atoms with Gasteiger partial charge in [-0.25, -0.2) is 0 Å². The van der Waals surface area contributed by atoms with Crippen molar-refractivity contribution in [2.45, 2.75) is 312 Å². The van der Waals surface area contributed by atoms with Gasteiger partial charge >= 0.3 is 5.92 Å². The van der Waals surface area contributed by atoms with Crippen LogP contribution in [-0.2, 0) is 19.4 Å². The highest BCUT2D eigenvalue weighted by Gasteiger charge is 2.50. The molecule has 4 atom stereocenters. The van der Waals surface area contributed by atoms with Crippen LogP contribution in [0.3, 0.4) is 0 Å². The molecule has 12 nitrogen and oxygen atoms in total. The van der Waals surface area contributed by atoms with E-state index >= 15 is 0 Å². The standard InChI is InChI=1S/C19H18.C18H15NO.C18H17N.C12H10F2.C12H20S.C12H18.C7H10.C6H10N4.2C4H10.C3H7N3.C3H10N2/c1-14(2)19-13-17-9-4-3-7-15(17)11-12-16-8-5-6-10-18(16)19;1-13(2)19-17-10-6-4-8-15(17)12-11-14-7-3-5-9-16(14)18(19)20;1-14(2)19-13-17-9-4-3-7-15(17)11-12-16-8-5-6-10-18(16)19;13-12(14)8-3-6-10-4-1-2-5-11(10)7-9-12;1-10(2)12(5)7-6-11(3,4)8-13-9-12;1-9(2)12-10-7-5-3-4-6-8-11(10)12;1-2-4-6-7-5-3-1;1-4(2)6-9-7-5(3)8-10-6;2*1-4(2)3;1-3(2)5-6-4;1-3(2)5-4/h3-10,14,19H,13H2,1-2H3;3-10,13H,1-2H3;3-10,14H,13H2,1-2H3;1-2,4-5H,3,6,8H2;10H,8-9H2,1-5H3;9-12H,5-8H2,1-2H3;1-5H2;4H,1-3H3;2*4H,1-3H3;3H,1-2H3;3,5H,4H2,1-2H3. The van der Waals surface area contributed by atoms with Crippen LogP contribution in [0.15, 0.2) is 175 Å². The number of azide groups is 1. The summed E-state index contributed by atoms with van der Waals surface area (Å²) in [7, 11) is 0. The Morgan fingerprint density at radius 1 is 0.496 bits per heavy atom. The van der Waals surface area contributed by atoms with Gasteiger partial charge in [0.2, 0.25) is 0 Å². The van der Waals surface area contributed by atoms with Gasteiger partial charge in [-0.3, -0.25) is 16.1 Å². The molecular weight excluding hydrogens is 1660 g/mol. The van der Waals surface area contributed by atoms with Crippen molar-refractivity contribution >= 4 is 29.0 Å². The Labute approximate surface area is 807 Å². The number of aryl methyl sites for hydroxylation is 2. The molecule has 7 aromatic carbocycles. The van der Waals surface area contributed by atoms with Crippen LogP contribution >= 0.6 is 11.8 Å². The van der Waals surface area contributed by atoms with Crippen LogP contribution in [0.25, 0.3) is 10.4 Å². The molecule has 0 radical (unpaired) electrons. The Balaban J connectivity index is 0.000000265. The summed E-state index contributed by atoms with van der Waals surface area (Å²) < 4.78 is 25.9. The number of aromatic nitrogens is 4. The first-order valence-corrected chi connectivity index (χ1v) is 49.6. The number of hydrogen-bond donors (Lipinski definition) is 2. The monoisotopic (exact) mass is 1810 g/mol. The van der Waals surface area contributed by atoms with Crippen LogP contribution in [0.1, 0.15) is 339 Å². The number of rotatable bonds is 8. The summed E-state index contributed by atoms with van der Waals surface area (Å²) in [6.45, 7) is 56.5. The quantitative estimate of drug-likeness (QED) is 0.0377. The van der Waals surface area contributed by atoms with Crippen molar-refractivity contribution in [1.29, 1.82) is 0 Å². The van der Waals surface area contributed by atoms with Crippen molar-refractivity contribution in [2.75, 3.05) is 21.3 Å². The van der Waals surface area contributed by atoms with Crippen LogP contribution < -0.4 is 21.1 Å². The summed E-state index contributed by atoms with van der Waals surface area (Å²) in [5.41, 5.74) is 25.7. The molecular formula is C118H155F2N11OS. The number of carbonyl (C=O) groups excluding carboxylic acids is 1. The van der Waals surface area contributed by atoms with Gasteiger partial charge in [0.1, 0.15) is 0 Å². The minimum Gasteiger partial charge on any atom is -0.364 e. The summed E-state index contributed by atoms with van der Waals surface area (Å²) in [6, 6.07) is 57.8. The van der Waals surface area contributed by atoms with Gasteiger partial charge in [0, 0.05) is 135 Å². The average Bonchev–Trinajstić information content (AvgIpc) is 1.63. The number of nitrogens with one attached hydrogen (secondary N) is 1. The molecule has 8 aromatic rings. The van der Waals surface area contributed by atoms with Crippen LogP contribution in [-0.4, -0.2) is 67.9 Å². The second-order valence-electron chi connectivity index (χ2n) is 39.5. The summed E-state index contributed by atoms with van der Waals surface area (Å²) in [5, 5.41) is 18.6. The van der Waals surface area contributed by atoms with Gasteiger partial charge in [-0.1, -0.05) is 285 Å². The zero-order valence-corrected chi connectivity index (χ0v) is 86.1. The molecule has 1 amide bonds. The van der Waals surface area contributed by atoms with Crippen LogP contribution in [0, 0.1) is 148 Å². The lowest BCUT2D eigenvalue weighted by Crippen LogP contribution is -2.38. The van der Waals surface area contributed by atoms with E-state index in [1.165, 1.54) is 77.1 Å². The summed E-state index contributed by atoms with van der Waals surface area (Å²) in [6.07, 6.45) is 13.5. The number of hydrogen-bond acceptors (Lipinski definition) is 10. The van der Waals surface area contributed by atoms with E-state index in [0.29, 0.717) is 65.8 Å². The van der Waals surface area contributed by atoms with E-state index in [1.807, 2.05) is 145 Å². The first-order valence-electron chi connectivity index (χ1n) is 48.5. The molecule has 708 valence electrons. The zero-order chi connectivity index (χ0) is 98.2. The lowest BCUT2D eigenvalue weighted by atomic mass is 9.79. The van der Waals surface area contributed by atoms with Crippen LogP contribution in [0.2, 0.25) is 0 Å². The molecule has 4 heterocycles. The molecule has 3 aliphatic heterocycles. The SMILES string of the molecule is C1#CCCCCC1.CC(C)C.CC(C)C.CC(C)C1(C)C#CC(C)(C)CSC1.CC(C)C1C2CCC#CCCC21.CC(C)C1Cc2ccccc2C#Cc2ccccc21.CC(C)N1C(=O)c2ccccc2C#Cc2ccccc21.CC(C)N1Cc2ccccc2C#Cc2ccccc21.CC(C)N=[N+]=[N-].CC(C)NN.Cc1nnc(C(C)C)nn1.FC1(F)C#Cc2ccccc2CCC1. The second-order valence-corrected chi connectivity index (χ2v) is 40.5. The molecule has 15 heteroatoms. The number of thioether (sulfide) groups is 1. The molecule has 8 aliphatic rings. The van der Waals surface area contributed by atoms with E-state index in [9.17, 15) is 13.6 Å². The van der Waals surface area contributed by atoms with Gasteiger partial charge in [-0.2, -0.15) is 20.5 Å². The molecule has 0 spiro atoms. The summed E-state index contributed by atoms with van der Waals surface area (Å²) in [5.74, 6) is 57.4. The first-order chi connectivity index (χ1) is 63.2. The van der Waals surface area contributed by atoms with Gasteiger partial charge in [0.15, 0.2) is 11.6 Å². The lowest BCUT2D eigenvalue weighted by molar-refractivity contribution is 0.0543. The van der Waals surface area contributed by atoms with Crippen molar-refractivity contribution in [3.63, 3.8) is 0 Å². The van der Waals surface area contributed by atoms with Gasteiger partial charge in [0.25, 0.3) is 5.91 Å². The van der Waals surface area contributed by atoms with Gasteiger partial charge in [-0.15, -0.1) is 44.1 Å². The molecule has 1 saturated carbocycles. The molecule has 1 fully saturated rings. The fourth-order valence-electron chi connectivity index (χ4n) is 14.9. The highest BCUT2D eigenvalue weighted by Crippen LogP contribution is 2.56. The van der Waals surface area contributed by atoms with Gasteiger partial charge in [-0.05, 0) is 262 Å². The molecule has 0 saturated heterocycles. The Morgan fingerprint density at radius 3 is 1.44 bits per heavy atom. The number of benzene rings is 7. The number of anilines is 2. The fourth-order valence-corrected chi connectivity index (χ4v) is 16.4. The van der Waals surface area contributed by atoms with Crippen molar-refractivity contribution in [1.82, 2.24) is 25.8 Å². The minimum absolute atomic E-state index is 0.0112. The zero-order valence-electron chi connectivity index (χ0n) is 85.2. The average molecular weight is 1810 g/mol. The number of alkyl halides is 2. The highest BCUT2D eigenvalue weighted by molar-refractivity contribution is 7.99. The molecule has 16 rings (SSSR count). The van der Waals surface area contributed by atoms with Crippen molar-refractivity contribution in [2.24, 2.45) is 69.1 Å². The van der Waals surface area contributed by atoms with E-state index < -0.39 is 5.92 Å². The topological polar surface area (TPSA) is 162 Å². The fraction of sp³-hybridized carbons (Fsp3) is 0.500. The van der Waals surface area contributed by atoms with Crippen molar-refractivity contribution in [3.05, 3.63) is 259 Å². The largest absolute Gasteiger partial charge is 0.364 e. The first kappa shape index (κ1) is 113. The maximum Gasteiger partial charge on any atom is 0.308 e. The van der Waals surface area contributed by atoms with E-state index in [0.717, 1.165) is 113 Å². The summed E-state index contributed by atoms with van der Waals surface area (Å²) in [4.78, 5) is 19.7. The number of para-hydroxylation sites is 2. The third-order valence-corrected chi connectivity index (χ3v) is 24.2. The molecule has 5 aliphatic carbocycles. The van der Waals surface area contributed by atoms with Crippen molar-refractivity contribution < 1.29 is 13.6 Å². The molecule has 133 heavy (non-hydrogen) atoms. The second kappa shape index (κ2) is 59.0. The Bertz CT molecular complexity index is 5260. The Hall–Kier alpha value is -10.9. The number of amides is 1.